The molecule has 2 aromatic carbocycles. The number of benzene rings is 2. The zero-order valence-corrected chi connectivity index (χ0v) is 13.3. The Morgan fingerprint density at radius 3 is 2.77 bits per heavy atom. The van der Waals surface area contributed by atoms with Crippen LogP contribution in [-0.4, -0.2) is 22.6 Å². The predicted octanol–water partition coefficient (Wildman–Crippen LogP) is 4.23. The van der Waals surface area contributed by atoms with Crippen molar-refractivity contribution in [3.63, 3.8) is 0 Å². The molecule has 0 aliphatic rings. The molecule has 1 heterocycles. The monoisotopic (exact) mass is 314 g/mol. The summed E-state index contributed by atoms with van der Waals surface area (Å²) in [6.07, 6.45) is 0.991. The molecule has 0 bridgehead atoms. The zero-order valence-electron chi connectivity index (χ0n) is 12.5. The summed E-state index contributed by atoms with van der Waals surface area (Å²) in [5.74, 6) is 4.01. The van der Waals surface area contributed by atoms with Gasteiger partial charge >= 0.3 is 0 Å². The Balaban J connectivity index is 1.39. The number of aromatic nitrogens is 2. The summed E-state index contributed by atoms with van der Waals surface area (Å²) in [6.45, 7) is 2.52. The van der Waals surface area contributed by atoms with E-state index in [0.29, 0.717) is 18.4 Å². The summed E-state index contributed by atoms with van der Waals surface area (Å²) in [5, 5.41) is 10.2. The molecule has 0 aliphatic carbocycles. The highest BCUT2D eigenvalue weighted by Crippen LogP contribution is 2.21. The molecule has 0 fully saturated rings. The molecule has 5 heteroatoms. The summed E-state index contributed by atoms with van der Waals surface area (Å²) in [5.41, 5.74) is 0. The molecule has 1 aromatic heterocycles. The van der Waals surface area contributed by atoms with Gasteiger partial charge in [0.2, 0.25) is 11.8 Å². The zero-order chi connectivity index (χ0) is 15.2. The van der Waals surface area contributed by atoms with Gasteiger partial charge in [0.25, 0.3) is 0 Å². The Labute approximate surface area is 133 Å². The van der Waals surface area contributed by atoms with Crippen molar-refractivity contribution in [1.82, 2.24) is 10.2 Å². The molecule has 0 aliphatic heterocycles. The van der Waals surface area contributed by atoms with Gasteiger partial charge in [0.15, 0.2) is 0 Å². The molecule has 0 saturated carbocycles. The molecule has 3 rings (SSSR count). The first-order chi connectivity index (χ1) is 10.8. The van der Waals surface area contributed by atoms with Crippen LogP contribution in [0.25, 0.3) is 10.8 Å². The van der Waals surface area contributed by atoms with Gasteiger partial charge in [-0.05, 0) is 35.1 Å². The van der Waals surface area contributed by atoms with Crippen molar-refractivity contribution in [2.45, 2.75) is 19.1 Å². The van der Waals surface area contributed by atoms with Crippen LogP contribution in [0.2, 0.25) is 0 Å². The van der Waals surface area contributed by atoms with Gasteiger partial charge in [0.1, 0.15) is 5.75 Å². The van der Waals surface area contributed by atoms with Crippen LogP contribution in [0.15, 0.2) is 46.9 Å². The standard InChI is InChI=1S/C17H18N2O2S/c1-13-18-19-17(21-13)12-22-10-4-9-20-16-8-7-14-5-2-3-6-15(14)11-16/h2-3,5-8,11H,4,9-10,12H2,1H3. The van der Waals surface area contributed by atoms with Crippen LogP contribution in [0, 0.1) is 6.92 Å². The van der Waals surface area contributed by atoms with Crippen molar-refractivity contribution in [2.75, 3.05) is 12.4 Å². The number of hydrogen-bond donors (Lipinski definition) is 0. The first-order valence-corrected chi connectivity index (χ1v) is 8.45. The average Bonchev–Trinajstić information content (AvgIpc) is 2.96. The third-order valence-corrected chi connectivity index (χ3v) is 4.24. The molecule has 114 valence electrons. The van der Waals surface area contributed by atoms with Crippen molar-refractivity contribution in [2.24, 2.45) is 0 Å². The van der Waals surface area contributed by atoms with Gasteiger partial charge in [-0.15, -0.1) is 10.2 Å². The van der Waals surface area contributed by atoms with E-state index in [-0.39, 0.29) is 0 Å². The average molecular weight is 314 g/mol. The van der Waals surface area contributed by atoms with Crippen molar-refractivity contribution >= 4 is 22.5 Å². The smallest absolute Gasteiger partial charge is 0.226 e. The second-order valence-electron chi connectivity index (χ2n) is 4.98. The fraction of sp³-hybridized carbons (Fsp3) is 0.294. The molecule has 4 nitrogen and oxygen atoms in total. The van der Waals surface area contributed by atoms with Crippen LogP contribution in [0.1, 0.15) is 18.2 Å². The van der Waals surface area contributed by atoms with E-state index in [1.165, 1.54) is 10.8 Å². The predicted molar refractivity (Wildman–Crippen MR) is 89.3 cm³/mol. The summed E-state index contributed by atoms with van der Waals surface area (Å²) in [7, 11) is 0. The number of aryl methyl sites for hydroxylation is 1. The van der Waals surface area contributed by atoms with E-state index in [4.69, 9.17) is 9.15 Å². The highest BCUT2D eigenvalue weighted by atomic mass is 32.2. The Bertz CT molecular complexity index is 742. The van der Waals surface area contributed by atoms with Crippen molar-refractivity contribution in [1.29, 1.82) is 0 Å². The van der Waals surface area contributed by atoms with Gasteiger partial charge in [0.05, 0.1) is 12.4 Å². The number of hydrogen-bond acceptors (Lipinski definition) is 5. The van der Waals surface area contributed by atoms with Gasteiger partial charge in [-0.25, -0.2) is 0 Å². The van der Waals surface area contributed by atoms with Crippen LogP contribution in [0.3, 0.4) is 0 Å². The SMILES string of the molecule is Cc1nnc(CSCCCOc2ccc3ccccc3c2)o1. The second-order valence-corrected chi connectivity index (χ2v) is 6.08. The number of rotatable bonds is 7. The minimum atomic E-state index is 0.621. The Hall–Kier alpha value is -2.01. The topological polar surface area (TPSA) is 48.2 Å². The molecule has 0 radical (unpaired) electrons. The molecule has 0 spiro atoms. The summed E-state index contributed by atoms with van der Waals surface area (Å²) in [6, 6.07) is 14.5. The molecule has 0 saturated heterocycles. The Morgan fingerprint density at radius 1 is 1.09 bits per heavy atom. The number of nitrogens with zero attached hydrogens (tertiary/aromatic N) is 2. The van der Waals surface area contributed by atoms with E-state index in [1.807, 2.05) is 18.2 Å². The van der Waals surface area contributed by atoms with E-state index in [0.717, 1.165) is 23.7 Å². The van der Waals surface area contributed by atoms with E-state index < -0.39 is 0 Å². The number of thioether (sulfide) groups is 1. The summed E-state index contributed by atoms with van der Waals surface area (Å²) in [4.78, 5) is 0. The second kappa shape index (κ2) is 7.31. The minimum Gasteiger partial charge on any atom is -0.494 e. The van der Waals surface area contributed by atoms with Crippen LogP contribution in [0.5, 0.6) is 5.75 Å². The molecule has 3 aromatic rings. The lowest BCUT2D eigenvalue weighted by Crippen LogP contribution is -1.99. The third kappa shape index (κ3) is 4.01. The lowest BCUT2D eigenvalue weighted by atomic mass is 10.1. The van der Waals surface area contributed by atoms with Crippen molar-refractivity contribution in [3.8, 4) is 5.75 Å². The fourth-order valence-electron chi connectivity index (χ4n) is 2.16. The molecule has 0 amide bonds. The summed E-state index contributed by atoms with van der Waals surface area (Å²) < 4.78 is 11.1. The van der Waals surface area contributed by atoms with E-state index in [2.05, 4.69) is 34.5 Å². The highest BCUT2D eigenvalue weighted by molar-refractivity contribution is 7.98. The van der Waals surface area contributed by atoms with Crippen LogP contribution in [0.4, 0.5) is 0 Å². The highest BCUT2D eigenvalue weighted by Gasteiger charge is 2.02. The van der Waals surface area contributed by atoms with Gasteiger partial charge in [-0.1, -0.05) is 30.3 Å². The first-order valence-electron chi connectivity index (χ1n) is 7.29. The largest absolute Gasteiger partial charge is 0.494 e. The lowest BCUT2D eigenvalue weighted by Gasteiger charge is -2.07. The maximum atomic E-state index is 5.81. The van der Waals surface area contributed by atoms with Crippen LogP contribution in [-0.2, 0) is 5.75 Å². The maximum Gasteiger partial charge on any atom is 0.226 e. The molecule has 0 atom stereocenters. The van der Waals surface area contributed by atoms with Gasteiger partial charge < -0.3 is 9.15 Å². The van der Waals surface area contributed by atoms with Gasteiger partial charge in [-0.3, -0.25) is 0 Å². The third-order valence-electron chi connectivity index (χ3n) is 3.22. The summed E-state index contributed by atoms with van der Waals surface area (Å²) >= 11 is 1.78. The van der Waals surface area contributed by atoms with Gasteiger partial charge in [0, 0.05) is 6.92 Å². The molecular weight excluding hydrogens is 296 g/mol. The van der Waals surface area contributed by atoms with Gasteiger partial charge in [-0.2, -0.15) is 11.8 Å². The maximum absolute atomic E-state index is 5.81. The molecule has 0 N–H and O–H groups in total. The quantitative estimate of drug-likeness (QED) is 0.611. The Morgan fingerprint density at radius 2 is 1.95 bits per heavy atom. The van der Waals surface area contributed by atoms with E-state index in [1.54, 1.807) is 18.7 Å². The van der Waals surface area contributed by atoms with E-state index >= 15 is 0 Å². The van der Waals surface area contributed by atoms with Crippen LogP contribution < -0.4 is 4.74 Å². The normalized spacial score (nSPS) is 11.0. The first kappa shape index (κ1) is 14.9. The molecule has 0 unspecified atom stereocenters. The molecular formula is C17H18N2O2S. The van der Waals surface area contributed by atoms with Crippen molar-refractivity contribution in [3.05, 3.63) is 54.2 Å². The Kier molecular flexibility index (Phi) is 4.96. The van der Waals surface area contributed by atoms with E-state index in [9.17, 15) is 0 Å². The minimum absolute atomic E-state index is 0.621. The fourth-order valence-corrected chi connectivity index (χ4v) is 2.92. The number of fused-ring (bicyclic) bond motifs is 1. The lowest BCUT2D eigenvalue weighted by molar-refractivity contribution is 0.319. The van der Waals surface area contributed by atoms with Crippen molar-refractivity contribution < 1.29 is 9.15 Å². The van der Waals surface area contributed by atoms with Crippen LogP contribution >= 0.6 is 11.8 Å². The number of ether oxygens (including phenoxy) is 1. The molecule has 22 heavy (non-hydrogen) atoms.